The van der Waals surface area contributed by atoms with Crippen LogP contribution in [0.2, 0.25) is 0 Å². The number of nitrogens with two attached hydrogens (primary N) is 1. The van der Waals surface area contributed by atoms with Gasteiger partial charge in [-0.2, -0.15) is 4.98 Å². The van der Waals surface area contributed by atoms with Crippen LogP contribution in [0.1, 0.15) is 42.0 Å². The van der Waals surface area contributed by atoms with Crippen LogP contribution in [0.15, 0.2) is 12.3 Å². The summed E-state index contributed by atoms with van der Waals surface area (Å²) in [5, 5.41) is 7.17. The van der Waals surface area contributed by atoms with Crippen LogP contribution in [0.4, 0.5) is 0 Å². The number of rotatable bonds is 2. The zero-order valence-electron chi connectivity index (χ0n) is 11.4. The van der Waals surface area contributed by atoms with Crippen molar-refractivity contribution in [3.05, 3.63) is 23.8 Å². The Morgan fingerprint density at radius 1 is 1.40 bits per heavy atom. The number of carbonyl (C=O) groups is 1. The molecule has 1 aliphatic rings. The number of nitrogens with zero attached hydrogens (tertiary/aromatic N) is 4. The van der Waals surface area contributed by atoms with Gasteiger partial charge in [0.15, 0.2) is 0 Å². The molecule has 0 unspecified atom stereocenters. The molecule has 0 aromatic carbocycles. The van der Waals surface area contributed by atoms with Crippen molar-refractivity contribution in [3.8, 4) is 0 Å². The van der Waals surface area contributed by atoms with Crippen LogP contribution in [0.5, 0.6) is 0 Å². The fourth-order valence-electron chi connectivity index (χ4n) is 2.52. The van der Waals surface area contributed by atoms with E-state index in [-0.39, 0.29) is 23.8 Å². The van der Waals surface area contributed by atoms with Gasteiger partial charge >= 0.3 is 0 Å². The van der Waals surface area contributed by atoms with Crippen LogP contribution in [0, 0.1) is 6.92 Å². The SMILES string of the molecule is Cc1ccnc2nc(C(=O)NC3CCC(N)CC3)nn12. The number of aryl methyl sites for hydroxylation is 1. The predicted molar refractivity (Wildman–Crippen MR) is 73.2 cm³/mol. The summed E-state index contributed by atoms with van der Waals surface area (Å²) in [6.07, 6.45) is 5.38. The van der Waals surface area contributed by atoms with E-state index in [1.54, 1.807) is 10.7 Å². The van der Waals surface area contributed by atoms with Crippen molar-refractivity contribution in [1.29, 1.82) is 0 Å². The predicted octanol–water partition coefficient (Wildman–Crippen LogP) is 0.432. The number of fused-ring (bicyclic) bond motifs is 1. The van der Waals surface area contributed by atoms with E-state index in [4.69, 9.17) is 5.73 Å². The molecule has 1 amide bonds. The van der Waals surface area contributed by atoms with E-state index < -0.39 is 0 Å². The van der Waals surface area contributed by atoms with E-state index in [0.717, 1.165) is 31.4 Å². The van der Waals surface area contributed by atoms with E-state index in [1.807, 2.05) is 13.0 Å². The maximum Gasteiger partial charge on any atom is 0.291 e. The maximum atomic E-state index is 12.2. The highest BCUT2D eigenvalue weighted by atomic mass is 16.2. The summed E-state index contributed by atoms with van der Waals surface area (Å²) in [7, 11) is 0. The Morgan fingerprint density at radius 2 is 2.15 bits per heavy atom. The van der Waals surface area contributed by atoms with Crippen molar-refractivity contribution >= 4 is 11.7 Å². The first kappa shape index (κ1) is 13.0. The van der Waals surface area contributed by atoms with Gasteiger partial charge in [0.25, 0.3) is 11.7 Å². The van der Waals surface area contributed by atoms with Crippen molar-refractivity contribution in [3.63, 3.8) is 0 Å². The molecule has 0 radical (unpaired) electrons. The molecule has 3 N–H and O–H groups in total. The lowest BCUT2D eigenvalue weighted by molar-refractivity contribution is 0.0915. The molecule has 106 valence electrons. The summed E-state index contributed by atoms with van der Waals surface area (Å²) in [5.74, 6) is 0.373. The average Bonchev–Trinajstić information content (AvgIpc) is 2.87. The van der Waals surface area contributed by atoms with E-state index in [9.17, 15) is 4.79 Å². The molecule has 1 saturated carbocycles. The molecular weight excluding hydrogens is 256 g/mol. The minimum atomic E-state index is -0.240. The molecule has 0 aliphatic heterocycles. The average molecular weight is 274 g/mol. The molecule has 1 aliphatic carbocycles. The highest BCUT2D eigenvalue weighted by Gasteiger charge is 2.22. The summed E-state index contributed by atoms with van der Waals surface area (Å²) in [6, 6.07) is 2.26. The second-order valence-electron chi connectivity index (χ2n) is 5.32. The number of hydrogen-bond acceptors (Lipinski definition) is 5. The summed E-state index contributed by atoms with van der Waals surface area (Å²) >= 11 is 0. The Hall–Kier alpha value is -2.02. The molecule has 0 atom stereocenters. The van der Waals surface area contributed by atoms with Crippen molar-refractivity contribution in [2.75, 3.05) is 0 Å². The molecule has 7 nitrogen and oxygen atoms in total. The number of nitrogens with one attached hydrogen (secondary N) is 1. The van der Waals surface area contributed by atoms with Crippen LogP contribution in [0.25, 0.3) is 5.78 Å². The molecule has 0 saturated heterocycles. The molecule has 2 aromatic heterocycles. The van der Waals surface area contributed by atoms with Crippen LogP contribution in [-0.4, -0.2) is 37.6 Å². The minimum absolute atomic E-state index is 0.168. The van der Waals surface area contributed by atoms with E-state index in [2.05, 4.69) is 20.4 Å². The first-order valence-electron chi connectivity index (χ1n) is 6.88. The zero-order valence-corrected chi connectivity index (χ0v) is 11.4. The number of amides is 1. The Labute approximate surface area is 116 Å². The standard InChI is InChI=1S/C13H18N6O/c1-8-6-7-15-13-17-11(18-19(8)13)12(20)16-10-4-2-9(14)3-5-10/h6-7,9-10H,2-5,14H2,1H3,(H,16,20). The fraction of sp³-hybridized carbons (Fsp3) is 0.538. The lowest BCUT2D eigenvalue weighted by Crippen LogP contribution is -2.40. The van der Waals surface area contributed by atoms with Gasteiger partial charge in [0.05, 0.1) is 0 Å². The van der Waals surface area contributed by atoms with Gasteiger partial charge in [-0.15, -0.1) is 5.10 Å². The third kappa shape index (κ3) is 2.49. The normalized spacial score (nSPS) is 22.9. The largest absolute Gasteiger partial charge is 0.347 e. The third-order valence-electron chi connectivity index (χ3n) is 3.74. The fourth-order valence-corrected chi connectivity index (χ4v) is 2.52. The third-order valence-corrected chi connectivity index (χ3v) is 3.74. The number of carbonyl (C=O) groups excluding carboxylic acids is 1. The van der Waals surface area contributed by atoms with Gasteiger partial charge in [0, 0.05) is 24.0 Å². The van der Waals surface area contributed by atoms with Gasteiger partial charge in [0.2, 0.25) is 5.82 Å². The van der Waals surface area contributed by atoms with Gasteiger partial charge < -0.3 is 11.1 Å². The highest BCUT2D eigenvalue weighted by molar-refractivity contribution is 5.91. The topological polar surface area (TPSA) is 98.2 Å². The lowest BCUT2D eigenvalue weighted by atomic mass is 9.92. The maximum absolute atomic E-state index is 12.2. The molecular formula is C13H18N6O. The monoisotopic (exact) mass is 274 g/mol. The lowest BCUT2D eigenvalue weighted by Gasteiger charge is -2.26. The molecule has 7 heteroatoms. The molecule has 20 heavy (non-hydrogen) atoms. The molecule has 3 rings (SSSR count). The van der Waals surface area contributed by atoms with Gasteiger partial charge in [-0.25, -0.2) is 9.50 Å². The Morgan fingerprint density at radius 3 is 2.85 bits per heavy atom. The number of hydrogen-bond donors (Lipinski definition) is 2. The Bertz CT molecular complexity index is 629. The smallest absolute Gasteiger partial charge is 0.291 e. The second-order valence-corrected chi connectivity index (χ2v) is 5.32. The number of aromatic nitrogens is 4. The van der Waals surface area contributed by atoms with Crippen LogP contribution >= 0.6 is 0 Å². The molecule has 2 heterocycles. The zero-order chi connectivity index (χ0) is 14.1. The molecule has 2 aromatic rings. The first-order chi connectivity index (χ1) is 9.63. The molecule has 0 spiro atoms. The van der Waals surface area contributed by atoms with Crippen molar-refractivity contribution < 1.29 is 4.79 Å². The van der Waals surface area contributed by atoms with Gasteiger partial charge in [0.1, 0.15) is 0 Å². The summed E-state index contributed by atoms with van der Waals surface area (Å²) in [5.41, 5.74) is 6.75. The summed E-state index contributed by atoms with van der Waals surface area (Å²) < 4.78 is 1.58. The minimum Gasteiger partial charge on any atom is -0.347 e. The summed E-state index contributed by atoms with van der Waals surface area (Å²) in [4.78, 5) is 20.4. The van der Waals surface area contributed by atoms with Crippen molar-refractivity contribution in [2.45, 2.75) is 44.7 Å². The Balaban J connectivity index is 1.74. The van der Waals surface area contributed by atoms with E-state index in [1.165, 1.54) is 0 Å². The molecule has 0 bridgehead atoms. The van der Waals surface area contributed by atoms with Crippen molar-refractivity contribution in [2.24, 2.45) is 5.73 Å². The van der Waals surface area contributed by atoms with Crippen LogP contribution in [0.3, 0.4) is 0 Å². The Kier molecular flexibility index (Phi) is 3.35. The van der Waals surface area contributed by atoms with Gasteiger partial charge in [-0.05, 0) is 38.7 Å². The van der Waals surface area contributed by atoms with Crippen LogP contribution in [-0.2, 0) is 0 Å². The molecule has 1 fully saturated rings. The van der Waals surface area contributed by atoms with E-state index in [0.29, 0.717) is 5.78 Å². The summed E-state index contributed by atoms with van der Waals surface area (Å²) in [6.45, 7) is 1.90. The van der Waals surface area contributed by atoms with Gasteiger partial charge in [-0.1, -0.05) is 0 Å². The first-order valence-corrected chi connectivity index (χ1v) is 6.88. The quantitative estimate of drug-likeness (QED) is 0.827. The van der Waals surface area contributed by atoms with E-state index >= 15 is 0 Å². The second kappa shape index (κ2) is 5.16. The highest BCUT2D eigenvalue weighted by Crippen LogP contribution is 2.17. The van der Waals surface area contributed by atoms with Gasteiger partial charge in [-0.3, -0.25) is 4.79 Å². The van der Waals surface area contributed by atoms with Crippen molar-refractivity contribution in [1.82, 2.24) is 24.9 Å². The van der Waals surface area contributed by atoms with Crippen LogP contribution < -0.4 is 11.1 Å².